The van der Waals surface area contributed by atoms with Crippen molar-refractivity contribution in [3.05, 3.63) is 271 Å². The van der Waals surface area contributed by atoms with E-state index in [9.17, 15) is 0 Å². The number of pyridine rings is 1. The van der Waals surface area contributed by atoms with Gasteiger partial charge in [0, 0.05) is 32.8 Å². The molecular formula is C64H41N3. The van der Waals surface area contributed by atoms with Gasteiger partial charge in [-0.1, -0.05) is 218 Å². The fraction of sp³-hybridized carbons (Fsp3) is 0.0156. The third kappa shape index (κ3) is 6.31. The SMILES string of the molecule is c1ccc(-c2ccc(-c3nc(-c4cccc(-c5ccc(-c6nc7ccccc7c7cc8c(cc67)-c6ccccc6C8(c6ccccc6)c6ccccc6)cc5)c4)nc4ccccc34)cc2)cc1. The molecule has 10 aromatic carbocycles. The smallest absolute Gasteiger partial charge is 0.160 e. The zero-order chi connectivity index (χ0) is 44.3. The number of benzene rings is 10. The van der Waals surface area contributed by atoms with Gasteiger partial charge in [-0.05, 0) is 91.4 Å². The average Bonchev–Trinajstić information content (AvgIpc) is 3.70. The minimum absolute atomic E-state index is 0.489. The minimum Gasteiger partial charge on any atom is -0.247 e. The van der Waals surface area contributed by atoms with E-state index in [2.05, 4.69) is 237 Å². The highest BCUT2D eigenvalue weighted by Gasteiger charge is 2.46. The Hall–Kier alpha value is -8.79. The van der Waals surface area contributed by atoms with Crippen LogP contribution in [0.1, 0.15) is 22.3 Å². The molecule has 1 aliphatic carbocycles. The molecule has 0 atom stereocenters. The highest BCUT2D eigenvalue weighted by Crippen LogP contribution is 2.57. The Balaban J connectivity index is 0.915. The van der Waals surface area contributed by atoms with E-state index >= 15 is 0 Å². The van der Waals surface area contributed by atoms with Crippen LogP contribution in [0.2, 0.25) is 0 Å². The van der Waals surface area contributed by atoms with Crippen molar-refractivity contribution >= 4 is 32.6 Å². The maximum atomic E-state index is 5.43. The number of hydrogen-bond acceptors (Lipinski definition) is 3. The van der Waals surface area contributed by atoms with Crippen LogP contribution in [-0.4, -0.2) is 15.0 Å². The molecule has 13 rings (SSSR count). The second-order valence-corrected chi connectivity index (χ2v) is 17.5. The van der Waals surface area contributed by atoms with Gasteiger partial charge >= 0.3 is 0 Å². The first-order chi connectivity index (χ1) is 33.2. The van der Waals surface area contributed by atoms with Gasteiger partial charge in [-0.3, -0.25) is 0 Å². The lowest BCUT2D eigenvalue weighted by Gasteiger charge is -2.34. The molecule has 2 aromatic heterocycles. The predicted octanol–water partition coefficient (Wildman–Crippen LogP) is 16.0. The molecule has 0 bridgehead atoms. The Morgan fingerprint density at radius 1 is 0.254 bits per heavy atom. The molecule has 2 heterocycles. The quantitative estimate of drug-likeness (QED) is 0.150. The van der Waals surface area contributed by atoms with Crippen LogP contribution in [0.5, 0.6) is 0 Å². The zero-order valence-electron chi connectivity index (χ0n) is 36.5. The summed E-state index contributed by atoms with van der Waals surface area (Å²) in [6.07, 6.45) is 0. The number of hydrogen-bond donors (Lipinski definition) is 0. The van der Waals surface area contributed by atoms with Gasteiger partial charge in [0.1, 0.15) is 0 Å². The van der Waals surface area contributed by atoms with Crippen LogP contribution in [-0.2, 0) is 5.41 Å². The van der Waals surface area contributed by atoms with Crippen LogP contribution in [0.15, 0.2) is 249 Å². The van der Waals surface area contributed by atoms with E-state index in [1.165, 1.54) is 49.9 Å². The monoisotopic (exact) mass is 851 g/mol. The normalized spacial score (nSPS) is 12.6. The van der Waals surface area contributed by atoms with Crippen molar-refractivity contribution < 1.29 is 0 Å². The van der Waals surface area contributed by atoms with Crippen molar-refractivity contribution in [2.75, 3.05) is 0 Å². The Labute approximate surface area is 389 Å². The van der Waals surface area contributed by atoms with E-state index in [0.29, 0.717) is 5.82 Å². The number of fused-ring (bicyclic) bond motifs is 7. The zero-order valence-corrected chi connectivity index (χ0v) is 36.5. The van der Waals surface area contributed by atoms with Gasteiger partial charge < -0.3 is 0 Å². The van der Waals surface area contributed by atoms with Crippen LogP contribution in [0.3, 0.4) is 0 Å². The largest absolute Gasteiger partial charge is 0.247 e. The van der Waals surface area contributed by atoms with E-state index in [1.54, 1.807) is 0 Å². The fourth-order valence-electron chi connectivity index (χ4n) is 10.6. The van der Waals surface area contributed by atoms with Crippen molar-refractivity contribution in [3.63, 3.8) is 0 Å². The van der Waals surface area contributed by atoms with Crippen molar-refractivity contribution in [1.29, 1.82) is 0 Å². The lowest BCUT2D eigenvalue weighted by atomic mass is 9.67. The van der Waals surface area contributed by atoms with Crippen molar-refractivity contribution in [3.8, 4) is 67.3 Å². The maximum Gasteiger partial charge on any atom is 0.160 e. The van der Waals surface area contributed by atoms with E-state index in [1.807, 2.05) is 12.1 Å². The second kappa shape index (κ2) is 15.7. The van der Waals surface area contributed by atoms with Gasteiger partial charge in [-0.15, -0.1) is 0 Å². The predicted molar refractivity (Wildman–Crippen MR) is 277 cm³/mol. The van der Waals surface area contributed by atoms with Crippen LogP contribution >= 0.6 is 0 Å². The van der Waals surface area contributed by atoms with E-state index in [4.69, 9.17) is 15.0 Å². The number of rotatable bonds is 7. The first kappa shape index (κ1) is 38.6. The van der Waals surface area contributed by atoms with Crippen molar-refractivity contribution in [2.24, 2.45) is 0 Å². The Kier molecular flexibility index (Phi) is 9.07. The Morgan fingerprint density at radius 3 is 1.43 bits per heavy atom. The summed E-state index contributed by atoms with van der Waals surface area (Å²) < 4.78 is 0. The van der Waals surface area contributed by atoms with E-state index < -0.39 is 5.41 Å². The van der Waals surface area contributed by atoms with Crippen LogP contribution in [0, 0.1) is 0 Å². The molecule has 3 heteroatoms. The summed E-state index contributed by atoms with van der Waals surface area (Å²) in [6.45, 7) is 0. The molecule has 1 aliphatic rings. The van der Waals surface area contributed by atoms with Crippen LogP contribution in [0.4, 0.5) is 0 Å². The van der Waals surface area contributed by atoms with Gasteiger partial charge in [-0.25, -0.2) is 15.0 Å². The highest BCUT2D eigenvalue weighted by atomic mass is 14.9. The first-order valence-electron chi connectivity index (χ1n) is 22.9. The molecule has 67 heavy (non-hydrogen) atoms. The highest BCUT2D eigenvalue weighted by molar-refractivity contribution is 6.13. The van der Waals surface area contributed by atoms with Gasteiger partial charge in [0.2, 0.25) is 0 Å². The molecule has 0 fully saturated rings. The lowest BCUT2D eigenvalue weighted by molar-refractivity contribution is 0.769. The van der Waals surface area contributed by atoms with Crippen molar-refractivity contribution in [1.82, 2.24) is 15.0 Å². The van der Waals surface area contributed by atoms with Gasteiger partial charge in [0.15, 0.2) is 5.82 Å². The van der Waals surface area contributed by atoms with E-state index in [-0.39, 0.29) is 0 Å². The lowest BCUT2D eigenvalue weighted by Crippen LogP contribution is -2.28. The molecule has 0 radical (unpaired) electrons. The fourth-order valence-corrected chi connectivity index (χ4v) is 10.6. The summed E-state index contributed by atoms with van der Waals surface area (Å²) in [5.41, 5.74) is 18.6. The van der Waals surface area contributed by atoms with Crippen LogP contribution in [0.25, 0.3) is 99.9 Å². The molecule has 0 amide bonds. The first-order valence-corrected chi connectivity index (χ1v) is 22.9. The molecule has 0 N–H and O–H groups in total. The molecule has 0 saturated heterocycles. The summed E-state index contributed by atoms with van der Waals surface area (Å²) in [7, 11) is 0. The third-order valence-corrected chi connectivity index (χ3v) is 13.8. The Bertz CT molecular complexity index is 3790. The molecule has 312 valence electrons. The van der Waals surface area contributed by atoms with Crippen molar-refractivity contribution in [2.45, 2.75) is 5.41 Å². The van der Waals surface area contributed by atoms with Gasteiger partial charge in [-0.2, -0.15) is 0 Å². The second-order valence-electron chi connectivity index (χ2n) is 17.5. The van der Waals surface area contributed by atoms with Gasteiger partial charge in [0.05, 0.1) is 27.8 Å². The molecule has 0 saturated carbocycles. The standard InChI is InChI=1S/C64H41N3/c1-4-17-42(18-5-1)43-31-35-45(36-32-43)61-53-27-12-15-30-60(53)66-63(67-61)48-20-16-19-47(39-48)44-33-37-46(38-34-44)62-56-40-55-51-25-10-13-28-57(51)64(49-21-6-2-7-22-49,50-23-8-3-9-24-50)58(55)41-54(56)52-26-11-14-29-59(52)65-62/h1-41H. The maximum absolute atomic E-state index is 5.43. The molecule has 0 aliphatic heterocycles. The van der Waals surface area contributed by atoms with Gasteiger partial charge in [0.25, 0.3) is 0 Å². The number of nitrogens with zero attached hydrogens (tertiary/aromatic N) is 3. The molecule has 0 spiro atoms. The third-order valence-electron chi connectivity index (χ3n) is 13.8. The summed E-state index contributed by atoms with van der Waals surface area (Å²) in [6, 6.07) is 89.4. The van der Waals surface area contributed by atoms with E-state index in [0.717, 1.165) is 66.4 Å². The summed E-state index contributed by atoms with van der Waals surface area (Å²) in [5.74, 6) is 0.698. The molecular weight excluding hydrogens is 811 g/mol. The summed E-state index contributed by atoms with van der Waals surface area (Å²) in [5, 5.41) is 4.51. The molecule has 3 nitrogen and oxygen atoms in total. The van der Waals surface area contributed by atoms with Crippen LogP contribution < -0.4 is 0 Å². The summed E-state index contributed by atoms with van der Waals surface area (Å²) >= 11 is 0. The molecule has 12 aromatic rings. The Morgan fingerprint density at radius 2 is 0.746 bits per heavy atom. The minimum atomic E-state index is -0.489. The molecule has 0 unspecified atom stereocenters. The summed E-state index contributed by atoms with van der Waals surface area (Å²) in [4.78, 5) is 15.8. The topological polar surface area (TPSA) is 38.7 Å². The number of para-hydroxylation sites is 2. The number of aromatic nitrogens is 3. The average molecular weight is 852 g/mol.